The minimum atomic E-state index is -0.631. The molecule has 2 fully saturated rings. The lowest BCUT2D eigenvalue weighted by atomic mass is 9.80. The van der Waals surface area contributed by atoms with Gasteiger partial charge in [0.1, 0.15) is 6.07 Å². The van der Waals surface area contributed by atoms with E-state index in [-0.39, 0.29) is 28.5 Å². The fourth-order valence-corrected chi connectivity index (χ4v) is 9.68. The Morgan fingerprint density at radius 3 is 2.43 bits per heavy atom. The smallest absolute Gasteiger partial charge is 0.309 e. The molecule has 1 amide bonds. The summed E-state index contributed by atoms with van der Waals surface area (Å²) >= 11 is 6.96. The number of anilines is 1. The number of halogens is 1. The molecule has 2 aromatic carbocycles. The second-order valence-electron chi connectivity index (χ2n) is 15.4. The first kappa shape index (κ1) is 35.2. The molecular formula is C40H43ClN8O4. The molecule has 2 aliphatic carbocycles. The van der Waals surface area contributed by atoms with Gasteiger partial charge in [0.15, 0.2) is 11.6 Å². The molecule has 0 atom stereocenters. The van der Waals surface area contributed by atoms with Gasteiger partial charge in [0.2, 0.25) is 5.78 Å². The van der Waals surface area contributed by atoms with Crippen molar-refractivity contribution in [1.29, 1.82) is 5.26 Å². The standard InChI is InChI=1S/C40H43ClN8O4/c1-47-31-9-16-43-21-29(31)44-35(47)33(50)19-24-5-3-6-25(27(24)20-42)26-7-4-8-28(34(26)41)46-37(51)36-45-30-22-49(17-10-32(30)48(36)2)18-15-39-11-13-40(23-39,14-12-39)38(52)53/h3-8,43H,9-19,21-23H2,1-2H3,(H,46,51)(H,52,53). The van der Waals surface area contributed by atoms with Crippen molar-refractivity contribution in [3.05, 3.63) is 87.0 Å². The number of carboxylic acids is 1. The Labute approximate surface area is 313 Å². The van der Waals surface area contributed by atoms with Gasteiger partial charge >= 0.3 is 5.97 Å². The van der Waals surface area contributed by atoms with E-state index in [2.05, 4.69) is 26.6 Å². The number of Topliss-reactive ketones (excluding diaryl/α,β-unsaturated/α-hetero) is 1. The van der Waals surface area contributed by atoms with Gasteiger partial charge in [-0.25, -0.2) is 9.97 Å². The number of aromatic nitrogens is 4. The highest BCUT2D eigenvalue weighted by molar-refractivity contribution is 6.36. The molecule has 53 heavy (non-hydrogen) atoms. The Kier molecular flexibility index (Phi) is 9.00. The summed E-state index contributed by atoms with van der Waals surface area (Å²) in [7, 11) is 3.72. The number of carbonyl (C=O) groups excluding carboxylic acids is 2. The molecule has 0 saturated heterocycles. The SMILES string of the molecule is Cn1c(C(=O)Cc2cccc(-c3cccc(NC(=O)c4nc5c(n4C)CCN(CCC46CCC(C(=O)O)(CC4)C6)C5)c3Cl)c2C#N)nc2c1CCNC2. The fourth-order valence-electron chi connectivity index (χ4n) is 9.41. The predicted molar refractivity (Wildman–Crippen MR) is 199 cm³/mol. The van der Waals surface area contributed by atoms with E-state index in [1.807, 2.05) is 23.2 Å². The summed E-state index contributed by atoms with van der Waals surface area (Å²) in [5.41, 5.74) is 5.90. The lowest BCUT2D eigenvalue weighted by Crippen LogP contribution is -2.34. The number of carbonyl (C=O) groups is 3. The number of carboxylic acid groups (broad SMARTS) is 1. The fraction of sp³-hybridized carbons (Fsp3) is 0.450. The number of ketones is 1. The molecule has 0 unspecified atom stereocenters. The van der Waals surface area contributed by atoms with Crippen LogP contribution < -0.4 is 10.6 Å². The van der Waals surface area contributed by atoms with E-state index in [1.165, 1.54) is 0 Å². The Morgan fingerprint density at radius 2 is 1.70 bits per heavy atom. The Balaban J connectivity index is 0.967. The van der Waals surface area contributed by atoms with Gasteiger partial charge in [-0.05, 0) is 62.1 Å². The highest BCUT2D eigenvalue weighted by Gasteiger charge is 2.57. The maximum atomic E-state index is 13.7. The first-order valence-electron chi connectivity index (χ1n) is 18.4. The van der Waals surface area contributed by atoms with Crippen LogP contribution in [0.4, 0.5) is 5.69 Å². The first-order chi connectivity index (χ1) is 25.5. The molecule has 2 bridgehead atoms. The maximum absolute atomic E-state index is 13.7. The number of nitrogens with zero attached hydrogens (tertiary/aromatic N) is 6. The minimum Gasteiger partial charge on any atom is -0.481 e. The van der Waals surface area contributed by atoms with Gasteiger partial charge in [0, 0.05) is 82.1 Å². The van der Waals surface area contributed by atoms with Crippen molar-refractivity contribution in [3.8, 4) is 17.2 Å². The van der Waals surface area contributed by atoms with E-state index in [0.717, 1.165) is 93.8 Å². The van der Waals surface area contributed by atoms with Crippen molar-refractivity contribution < 1.29 is 19.5 Å². The molecule has 2 saturated carbocycles. The summed E-state index contributed by atoms with van der Waals surface area (Å²) in [6.07, 6.45) is 6.92. The zero-order chi connectivity index (χ0) is 37.1. The van der Waals surface area contributed by atoms with Crippen LogP contribution in [-0.4, -0.2) is 66.4 Å². The second-order valence-corrected chi connectivity index (χ2v) is 15.8. The number of fused-ring (bicyclic) bond motifs is 4. The van der Waals surface area contributed by atoms with Gasteiger partial charge in [0.05, 0.1) is 33.1 Å². The predicted octanol–water partition coefficient (Wildman–Crippen LogP) is 5.45. The van der Waals surface area contributed by atoms with Crippen LogP contribution in [0.25, 0.3) is 11.1 Å². The van der Waals surface area contributed by atoms with E-state index in [0.29, 0.717) is 52.7 Å². The van der Waals surface area contributed by atoms with Crippen LogP contribution in [0.15, 0.2) is 36.4 Å². The highest BCUT2D eigenvalue weighted by atomic mass is 35.5. The summed E-state index contributed by atoms with van der Waals surface area (Å²) in [4.78, 5) is 50.9. The molecule has 274 valence electrons. The Morgan fingerprint density at radius 1 is 0.981 bits per heavy atom. The zero-order valence-electron chi connectivity index (χ0n) is 30.1. The second kappa shape index (κ2) is 13.5. The number of hydrogen-bond acceptors (Lipinski definition) is 8. The molecule has 2 aliphatic heterocycles. The third-order valence-electron chi connectivity index (χ3n) is 12.5. The van der Waals surface area contributed by atoms with Gasteiger partial charge in [-0.15, -0.1) is 0 Å². The lowest BCUT2D eigenvalue weighted by Gasteiger charge is -2.32. The molecule has 4 heterocycles. The van der Waals surface area contributed by atoms with Crippen LogP contribution >= 0.6 is 11.6 Å². The lowest BCUT2D eigenvalue weighted by molar-refractivity contribution is -0.148. The molecule has 0 radical (unpaired) electrons. The number of hydrogen-bond donors (Lipinski definition) is 3. The number of imidazole rings is 2. The molecular weight excluding hydrogens is 692 g/mol. The summed E-state index contributed by atoms with van der Waals surface area (Å²) in [5, 5.41) is 26.7. The molecule has 0 spiro atoms. The third kappa shape index (κ3) is 6.14. The quantitative estimate of drug-likeness (QED) is 0.180. The number of rotatable bonds is 10. The number of amides is 1. The number of aliphatic carboxylic acids is 1. The summed E-state index contributed by atoms with van der Waals surface area (Å²) in [5.74, 6) is -0.516. The van der Waals surface area contributed by atoms with Gasteiger partial charge < -0.3 is 24.9 Å². The van der Waals surface area contributed by atoms with Crippen molar-refractivity contribution in [2.75, 3.05) is 25.0 Å². The van der Waals surface area contributed by atoms with Gasteiger partial charge in [-0.3, -0.25) is 19.3 Å². The van der Waals surface area contributed by atoms with Gasteiger partial charge in [-0.2, -0.15) is 5.26 Å². The summed E-state index contributed by atoms with van der Waals surface area (Å²) < 4.78 is 3.72. The zero-order valence-corrected chi connectivity index (χ0v) is 30.9. The monoisotopic (exact) mass is 734 g/mol. The maximum Gasteiger partial charge on any atom is 0.309 e. The van der Waals surface area contributed by atoms with Crippen LogP contribution in [0.2, 0.25) is 5.02 Å². The number of nitriles is 1. The van der Waals surface area contributed by atoms with E-state index in [4.69, 9.17) is 16.6 Å². The van der Waals surface area contributed by atoms with Crippen molar-refractivity contribution in [2.24, 2.45) is 24.9 Å². The van der Waals surface area contributed by atoms with Crippen molar-refractivity contribution in [2.45, 2.75) is 70.9 Å². The normalized spacial score (nSPS) is 21.9. The average molecular weight is 735 g/mol. The molecule has 13 heteroatoms. The van der Waals surface area contributed by atoms with Crippen LogP contribution in [0.1, 0.15) is 93.7 Å². The van der Waals surface area contributed by atoms with Gasteiger partial charge in [-0.1, -0.05) is 41.9 Å². The molecule has 4 aliphatic rings. The molecule has 2 aromatic heterocycles. The number of benzene rings is 2. The molecule has 12 nitrogen and oxygen atoms in total. The summed E-state index contributed by atoms with van der Waals surface area (Å²) in [6, 6.07) is 13.0. The van der Waals surface area contributed by atoms with E-state index < -0.39 is 11.4 Å². The van der Waals surface area contributed by atoms with E-state index in [1.54, 1.807) is 36.4 Å². The third-order valence-corrected chi connectivity index (χ3v) is 12.9. The number of nitrogens with one attached hydrogen (secondary N) is 2. The van der Waals surface area contributed by atoms with E-state index in [9.17, 15) is 24.8 Å². The van der Waals surface area contributed by atoms with Crippen LogP contribution in [-0.2, 0) is 51.2 Å². The molecule has 8 rings (SSSR count). The van der Waals surface area contributed by atoms with Crippen LogP contribution in [0, 0.1) is 22.2 Å². The van der Waals surface area contributed by atoms with Crippen molar-refractivity contribution in [3.63, 3.8) is 0 Å². The molecule has 4 aromatic rings. The van der Waals surface area contributed by atoms with E-state index >= 15 is 0 Å². The molecule has 3 N–H and O–H groups in total. The highest BCUT2D eigenvalue weighted by Crippen LogP contribution is 2.63. The van der Waals surface area contributed by atoms with Crippen LogP contribution in [0.3, 0.4) is 0 Å². The first-order valence-corrected chi connectivity index (χ1v) is 18.8. The summed E-state index contributed by atoms with van der Waals surface area (Å²) in [6.45, 7) is 3.85. The van der Waals surface area contributed by atoms with Gasteiger partial charge in [0.25, 0.3) is 5.91 Å². The van der Waals surface area contributed by atoms with Crippen molar-refractivity contribution >= 4 is 34.9 Å². The Hall–Kier alpha value is -4.83. The minimum absolute atomic E-state index is 0.00941. The van der Waals surface area contributed by atoms with Crippen molar-refractivity contribution in [1.82, 2.24) is 29.3 Å². The van der Waals surface area contributed by atoms with Crippen LogP contribution in [0.5, 0.6) is 0 Å². The average Bonchev–Trinajstić information content (AvgIpc) is 3.92. The largest absolute Gasteiger partial charge is 0.481 e. The topological polar surface area (TPSA) is 158 Å². The Bertz CT molecular complexity index is 2210.